The van der Waals surface area contributed by atoms with Gasteiger partial charge >= 0.3 is 0 Å². The van der Waals surface area contributed by atoms with E-state index in [2.05, 4.69) is 20.8 Å². The predicted molar refractivity (Wildman–Crippen MR) is 91.4 cm³/mol. The number of rotatable bonds is 2. The molecule has 128 valence electrons. The molecule has 0 spiro atoms. The molecule has 0 unspecified atom stereocenters. The Morgan fingerprint density at radius 3 is 2.00 bits per heavy atom. The second kappa shape index (κ2) is 6.38. The third-order valence-electron chi connectivity index (χ3n) is 4.61. The standard InChI is InChI=1S/C18H29N3O2/c1-13-11-15(14(2)19(13)6)17(23)21-9-7-20(8-10-21)16(22)12-18(3,4)5/h11H,7-10,12H2,1-6H3. The maximum Gasteiger partial charge on any atom is 0.255 e. The van der Waals surface area contributed by atoms with Crippen molar-refractivity contribution in [1.82, 2.24) is 14.4 Å². The molecule has 0 aliphatic carbocycles. The van der Waals surface area contributed by atoms with E-state index in [4.69, 9.17) is 0 Å². The summed E-state index contributed by atoms with van der Waals surface area (Å²) in [6, 6.07) is 1.95. The van der Waals surface area contributed by atoms with Crippen LogP contribution in [0.1, 0.15) is 48.9 Å². The Bertz CT molecular complexity index is 603. The highest BCUT2D eigenvalue weighted by atomic mass is 16.2. The van der Waals surface area contributed by atoms with Crippen molar-refractivity contribution in [2.24, 2.45) is 12.5 Å². The molecule has 0 bridgehead atoms. The van der Waals surface area contributed by atoms with Gasteiger partial charge in [0, 0.05) is 51.0 Å². The molecule has 5 nitrogen and oxygen atoms in total. The molecule has 1 aromatic rings. The van der Waals surface area contributed by atoms with E-state index in [0.717, 1.165) is 17.0 Å². The van der Waals surface area contributed by atoms with E-state index >= 15 is 0 Å². The lowest BCUT2D eigenvalue weighted by atomic mass is 9.91. The average Bonchev–Trinajstić information content (AvgIpc) is 2.72. The molecule has 1 saturated heterocycles. The summed E-state index contributed by atoms with van der Waals surface area (Å²) in [4.78, 5) is 28.7. The van der Waals surface area contributed by atoms with E-state index in [1.54, 1.807) is 0 Å². The van der Waals surface area contributed by atoms with Crippen molar-refractivity contribution in [1.29, 1.82) is 0 Å². The molecule has 1 aliphatic rings. The zero-order valence-corrected chi connectivity index (χ0v) is 15.3. The summed E-state index contributed by atoms with van der Waals surface area (Å²) in [7, 11) is 1.98. The highest BCUT2D eigenvalue weighted by Gasteiger charge is 2.28. The molecule has 2 rings (SSSR count). The first-order valence-corrected chi connectivity index (χ1v) is 8.30. The number of amides is 2. The van der Waals surface area contributed by atoms with Crippen LogP contribution < -0.4 is 0 Å². The molecule has 0 N–H and O–H groups in total. The van der Waals surface area contributed by atoms with Crippen LogP contribution in [0.3, 0.4) is 0 Å². The lowest BCUT2D eigenvalue weighted by molar-refractivity contribution is -0.134. The molecule has 0 radical (unpaired) electrons. The van der Waals surface area contributed by atoms with Crippen LogP contribution in [-0.2, 0) is 11.8 Å². The van der Waals surface area contributed by atoms with Gasteiger partial charge in [-0.3, -0.25) is 9.59 Å². The van der Waals surface area contributed by atoms with Crippen LogP contribution in [-0.4, -0.2) is 52.4 Å². The Balaban J connectivity index is 1.97. The van der Waals surface area contributed by atoms with E-state index in [1.165, 1.54) is 0 Å². The summed E-state index contributed by atoms with van der Waals surface area (Å²) < 4.78 is 2.04. The summed E-state index contributed by atoms with van der Waals surface area (Å²) >= 11 is 0. The van der Waals surface area contributed by atoms with Gasteiger partial charge in [0.15, 0.2) is 0 Å². The lowest BCUT2D eigenvalue weighted by Crippen LogP contribution is -2.51. The zero-order valence-electron chi connectivity index (χ0n) is 15.3. The number of hydrogen-bond acceptors (Lipinski definition) is 2. The summed E-state index contributed by atoms with van der Waals surface area (Å²) in [6.45, 7) is 12.7. The Hall–Kier alpha value is -1.78. The number of nitrogens with zero attached hydrogens (tertiary/aromatic N) is 3. The first-order valence-electron chi connectivity index (χ1n) is 8.30. The predicted octanol–water partition coefficient (Wildman–Crippen LogP) is 2.36. The van der Waals surface area contributed by atoms with Gasteiger partial charge in [-0.2, -0.15) is 0 Å². The number of piperazine rings is 1. The van der Waals surface area contributed by atoms with Crippen LogP contribution in [0.4, 0.5) is 0 Å². The number of carbonyl (C=O) groups is 2. The van der Waals surface area contributed by atoms with Gasteiger partial charge in [0.2, 0.25) is 5.91 Å². The van der Waals surface area contributed by atoms with Crippen LogP contribution >= 0.6 is 0 Å². The smallest absolute Gasteiger partial charge is 0.255 e. The Labute approximate surface area is 139 Å². The van der Waals surface area contributed by atoms with E-state index in [1.807, 2.05) is 41.3 Å². The summed E-state index contributed by atoms with van der Waals surface area (Å²) in [5, 5.41) is 0. The number of carbonyl (C=O) groups excluding carboxylic acids is 2. The minimum atomic E-state index is 0.00269. The van der Waals surface area contributed by atoms with Gasteiger partial charge in [0.1, 0.15) is 0 Å². The first-order chi connectivity index (χ1) is 10.6. The van der Waals surface area contributed by atoms with Gasteiger partial charge in [0.05, 0.1) is 5.56 Å². The third kappa shape index (κ3) is 3.95. The molecule has 1 aliphatic heterocycles. The zero-order chi connectivity index (χ0) is 17.4. The second-order valence-electron chi connectivity index (χ2n) is 7.75. The topological polar surface area (TPSA) is 45.6 Å². The summed E-state index contributed by atoms with van der Waals surface area (Å²) in [5.74, 6) is 0.269. The molecule has 1 aromatic heterocycles. The number of hydrogen-bond donors (Lipinski definition) is 0. The summed E-state index contributed by atoms with van der Waals surface area (Å²) in [6.07, 6.45) is 0.554. The van der Waals surface area contributed by atoms with Gasteiger partial charge in [-0.25, -0.2) is 0 Å². The van der Waals surface area contributed by atoms with Gasteiger partial charge in [0.25, 0.3) is 5.91 Å². The molecule has 0 atom stereocenters. The Morgan fingerprint density at radius 2 is 1.57 bits per heavy atom. The maximum atomic E-state index is 12.7. The van der Waals surface area contributed by atoms with Crippen LogP contribution in [0.25, 0.3) is 0 Å². The van der Waals surface area contributed by atoms with Crippen LogP contribution in [0.2, 0.25) is 0 Å². The largest absolute Gasteiger partial charge is 0.351 e. The molecule has 0 saturated carbocycles. The molecular formula is C18H29N3O2. The minimum Gasteiger partial charge on any atom is -0.351 e. The highest BCUT2D eigenvalue weighted by molar-refractivity contribution is 5.96. The van der Waals surface area contributed by atoms with Crippen molar-refractivity contribution in [3.8, 4) is 0 Å². The van der Waals surface area contributed by atoms with Crippen LogP contribution in [0, 0.1) is 19.3 Å². The fourth-order valence-corrected chi connectivity index (χ4v) is 2.97. The van der Waals surface area contributed by atoms with Crippen LogP contribution in [0.15, 0.2) is 6.07 Å². The van der Waals surface area contributed by atoms with Crippen molar-refractivity contribution in [2.75, 3.05) is 26.2 Å². The molecular weight excluding hydrogens is 290 g/mol. The van der Waals surface area contributed by atoms with Crippen molar-refractivity contribution >= 4 is 11.8 Å². The highest BCUT2D eigenvalue weighted by Crippen LogP contribution is 2.21. The van der Waals surface area contributed by atoms with Crippen LogP contribution in [0.5, 0.6) is 0 Å². The normalized spacial score (nSPS) is 15.9. The first kappa shape index (κ1) is 17.6. The molecule has 1 fully saturated rings. The SMILES string of the molecule is Cc1cc(C(=O)N2CCN(C(=O)CC(C)(C)C)CC2)c(C)n1C. The molecule has 23 heavy (non-hydrogen) atoms. The fraction of sp³-hybridized carbons (Fsp3) is 0.667. The molecule has 0 aromatic carbocycles. The van der Waals surface area contributed by atoms with E-state index < -0.39 is 0 Å². The third-order valence-corrected chi connectivity index (χ3v) is 4.61. The summed E-state index contributed by atoms with van der Waals surface area (Å²) in [5.41, 5.74) is 2.87. The van der Waals surface area contributed by atoms with E-state index in [9.17, 15) is 9.59 Å². The van der Waals surface area contributed by atoms with Crippen molar-refractivity contribution in [2.45, 2.75) is 41.0 Å². The van der Waals surface area contributed by atoms with Gasteiger partial charge < -0.3 is 14.4 Å². The average molecular weight is 319 g/mol. The maximum absolute atomic E-state index is 12.7. The van der Waals surface area contributed by atoms with E-state index in [0.29, 0.717) is 32.6 Å². The second-order valence-corrected chi connectivity index (χ2v) is 7.75. The van der Waals surface area contributed by atoms with E-state index in [-0.39, 0.29) is 17.2 Å². The van der Waals surface area contributed by atoms with Crippen molar-refractivity contribution < 1.29 is 9.59 Å². The van der Waals surface area contributed by atoms with Gasteiger partial charge in [-0.1, -0.05) is 20.8 Å². The van der Waals surface area contributed by atoms with Crippen molar-refractivity contribution in [3.63, 3.8) is 0 Å². The quantitative estimate of drug-likeness (QED) is 0.840. The van der Waals surface area contributed by atoms with Gasteiger partial charge in [-0.05, 0) is 25.3 Å². The van der Waals surface area contributed by atoms with Gasteiger partial charge in [-0.15, -0.1) is 0 Å². The lowest BCUT2D eigenvalue weighted by Gasteiger charge is -2.36. The minimum absolute atomic E-state index is 0.00269. The van der Waals surface area contributed by atoms with Crippen molar-refractivity contribution in [3.05, 3.63) is 23.0 Å². The number of aryl methyl sites for hydroxylation is 1. The molecule has 2 amide bonds. The molecule has 2 heterocycles. The monoisotopic (exact) mass is 319 g/mol. The molecule has 5 heteroatoms. The Morgan fingerprint density at radius 1 is 1.04 bits per heavy atom. The number of aromatic nitrogens is 1. The Kier molecular flexibility index (Phi) is 4.87. The fourth-order valence-electron chi connectivity index (χ4n) is 2.97.